The van der Waals surface area contributed by atoms with Gasteiger partial charge in [0, 0.05) is 4.83 Å². The van der Waals surface area contributed by atoms with Gasteiger partial charge >= 0.3 is 0 Å². The molecule has 1 unspecified atom stereocenters. The van der Waals surface area contributed by atoms with Gasteiger partial charge in [-0.25, -0.2) is 0 Å². The van der Waals surface area contributed by atoms with Gasteiger partial charge in [0.15, 0.2) is 6.79 Å². The average Bonchev–Trinajstić information content (AvgIpc) is 2.54. The maximum Gasteiger partial charge on any atom is 0.189 e. The molecule has 98 valence electrons. The van der Waals surface area contributed by atoms with Crippen LogP contribution in [0.1, 0.15) is 32.6 Å². The quantitative estimate of drug-likeness (QED) is 0.438. The summed E-state index contributed by atoms with van der Waals surface area (Å²) in [4.78, 5) is 0.366. The molecule has 0 amide bonds. The van der Waals surface area contributed by atoms with Crippen molar-refractivity contribution in [1.82, 2.24) is 0 Å². The Bertz CT molecular complexity index is 296. The zero-order valence-corrected chi connectivity index (χ0v) is 14.6. The Hall–Kier alpha value is 0.680. The van der Waals surface area contributed by atoms with E-state index in [4.69, 9.17) is 9.47 Å². The number of alkyl halides is 1. The van der Waals surface area contributed by atoms with E-state index in [-0.39, 0.29) is 0 Å². The summed E-state index contributed by atoms with van der Waals surface area (Å²) in [5.41, 5.74) is 1.23. The van der Waals surface area contributed by atoms with Crippen LogP contribution in [0, 0.1) is 0 Å². The Morgan fingerprint density at radius 2 is 2.18 bits per heavy atom. The monoisotopic (exact) mass is 430 g/mol. The molecule has 2 nitrogen and oxygen atoms in total. The minimum Gasteiger partial charge on any atom is -0.466 e. The summed E-state index contributed by atoms with van der Waals surface area (Å²) >= 11 is 10.5. The van der Waals surface area contributed by atoms with E-state index in [0.717, 1.165) is 15.6 Å². The molecule has 0 fully saturated rings. The maximum absolute atomic E-state index is 5.44. The Kier molecular flexibility index (Phi) is 8.08. The molecule has 0 aromatic rings. The van der Waals surface area contributed by atoms with Crippen LogP contribution in [0.2, 0.25) is 0 Å². The van der Waals surface area contributed by atoms with Crippen LogP contribution in [0.15, 0.2) is 20.8 Å². The highest BCUT2D eigenvalue weighted by Crippen LogP contribution is 2.28. The van der Waals surface area contributed by atoms with Crippen LogP contribution in [0.3, 0.4) is 0 Å². The molecule has 17 heavy (non-hydrogen) atoms. The van der Waals surface area contributed by atoms with Crippen LogP contribution >= 0.6 is 47.8 Å². The molecule has 1 atom stereocenters. The van der Waals surface area contributed by atoms with Crippen molar-refractivity contribution in [2.45, 2.75) is 37.4 Å². The summed E-state index contributed by atoms with van der Waals surface area (Å²) in [5.74, 6) is 0.789. The van der Waals surface area contributed by atoms with Gasteiger partial charge < -0.3 is 9.47 Å². The smallest absolute Gasteiger partial charge is 0.189 e. The summed E-state index contributed by atoms with van der Waals surface area (Å²) in [6, 6.07) is 0. The first kappa shape index (κ1) is 15.7. The zero-order chi connectivity index (χ0) is 12.7. The van der Waals surface area contributed by atoms with Crippen LogP contribution in [-0.4, -0.2) is 18.2 Å². The normalized spacial score (nSPS) is 18.1. The molecule has 0 aromatic heterocycles. The molecule has 0 aromatic carbocycles. The van der Waals surface area contributed by atoms with E-state index >= 15 is 0 Å². The van der Waals surface area contributed by atoms with Gasteiger partial charge in [-0.15, -0.1) is 0 Å². The average molecular weight is 433 g/mol. The van der Waals surface area contributed by atoms with Crippen molar-refractivity contribution in [1.29, 1.82) is 0 Å². The predicted molar refractivity (Wildman–Crippen MR) is 81.7 cm³/mol. The SMILES string of the molecule is CCCCCC(Br)C1=CC(=C(Br)Br)OCOC1. The second-order valence-corrected chi connectivity index (χ2v) is 7.67. The van der Waals surface area contributed by atoms with Crippen LogP contribution in [0.5, 0.6) is 0 Å². The van der Waals surface area contributed by atoms with E-state index in [1.807, 2.05) is 6.08 Å². The lowest BCUT2D eigenvalue weighted by Gasteiger charge is -2.12. The third-order valence-electron chi connectivity index (χ3n) is 2.53. The van der Waals surface area contributed by atoms with Crippen molar-refractivity contribution in [3.8, 4) is 0 Å². The van der Waals surface area contributed by atoms with Crippen LogP contribution in [0.25, 0.3) is 0 Å². The van der Waals surface area contributed by atoms with E-state index in [1.54, 1.807) is 0 Å². The van der Waals surface area contributed by atoms with Gasteiger partial charge in [0.1, 0.15) is 9.15 Å². The highest BCUT2D eigenvalue weighted by atomic mass is 79.9. The van der Waals surface area contributed by atoms with Gasteiger partial charge in [0.05, 0.1) is 6.61 Å². The maximum atomic E-state index is 5.44. The summed E-state index contributed by atoms with van der Waals surface area (Å²) in [5, 5.41) is 0. The van der Waals surface area contributed by atoms with Crippen molar-refractivity contribution in [2.24, 2.45) is 0 Å². The number of halogens is 3. The van der Waals surface area contributed by atoms with E-state index in [1.165, 1.54) is 24.8 Å². The summed E-state index contributed by atoms with van der Waals surface area (Å²) in [6.45, 7) is 3.14. The molecular formula is C12H17Br3O2. The van der Waals surface area contributed by atoms with Gasteiger partial charge in [-0.1, -0.05) is 42.1 Å². The fraction of sp³-hybridized carbons (Fsp3) is 0.667. The van der Waals surface area contributed by atoms with E-state index in [0.29, 0.717) is 18.2 Å². The van der Waals surface area contributed by atoms with Gasteiger partial charge in [-0.2, -0.15) is 0 Å². The highest BCUT2D eigenvalue weighted by molar-refractivity contribution is 9.28. The third kappa shape index (κ3) is 5.90. The topological polar surface area (TPSA) is 18.5 Å². The third-order valence-corrected chi connectivity index (χ3v) is 4.36. The van der Waals surface area contributed by atoms with Crippen molar-refractivity contribution in [3.05, 3.63) is 20.8 Å². The molecule has 1 aliphatic rings. The lowest BCUT2D eigenvalue weighted by molar-refractivity contribution is -0.00343. The number of hydrogen-bond acceptors (Lipinski definition) is 2. The van der Waals surface area contributed by atoms with Crippen LogP contribution < -0.4 is 0 Å². The molecule has 0 bridgehead atoms. The second-order valence-electron chi connectivity index (χ2n) is 3.92. The molecule has 0 saturated carbocycles. The van der Waals surface area contributed by atoms with Gasteiger partial charge in [-0.3, -0.25) is 0 Å². The van der Waals surface area contributed by atoms with Gasteiger partial charge in [-0.05, 0) is 49.9 Å². The molecule has 0 aliphatic carbocycles. The Morgan fingerprint density at radius 1 is 1.41 bits per heavy atom. The number of rotatable bonds is 5. The molecule has 1 aliphatic heterocycles. The van der Waals surface area contributed by atoms with Crippen LogP contribution in [-0.2, 0) is 9.47 Å². The number of unbranched alkanes of at least 4 members (excludes halogenated alkanes) is 2. The second kappa shape index (κ2) is 8.73. The van der Waals surface area contributed by atoms with Gasteiger partial charge in [0.2, 0.25) is 0 Å². The van der Waals surface area contributed by atoms with E-state index in [2.05, 4.69) is 54.7 Å². The molecule has 0 spiro atoms. The standard InChI is InChI=1S/C12H17Br3O2/c1-2-3-4-5-10(13)9-6-11(12(14)15)17-8-16-7-9/h6,10H,2-5,7-8H2,1H3. The van der Waals surface area contributed by atoms with Gasteiger partial charge in [0.25, 0.3) is 0 Å². The molecule has 0 radical (unpaired) electrons. The fourth-order valence-corrected chi connectivity index (χ4v) is 2.61. The molecule has 1 heterocycles. The minimum absolute atomic E-state index is 0.296. The van der Waals surface area contributed by atoms with Crippen molar-refractivity contribution in [3.63, 3.8) is 0 Å². The minimum atomic E-state index is 0.296. The van der Waals surface area contributed by atoms with Crippen LogP contribution in [0.4, 0.5) is 0 Å². The highest BCUT2D eigenvalue weighted by Gasteiger charge is 2.15. The first-order chi connectivity index (χ1) is 8.15. The predicted octanol–water partition coefficient (Wildman–Crippen LogP) is 5.22. The van der Waals surface area contributed by atoms with E-state index < -0.39 is 0 Å². The lowest BCUT2D eigenvalue weighted by Crippen LogP contribution is -2.08. The van der Waals surface area contributed by atoms with Crippen molar-refractivity contribution < 1.29 is 9.47 Å². The molecule has 0 N–H and O–H groups in total. The Labute approximate surface area is 128 Å². The molecule has 5 heteroatoms. The summed E-state index contributed by atoms with van der Waals surface area (Å²) in [6.07, 6.45) is 6.93. The van der Waals surface area contributed by atoms with Crippen molar-refractivity contribution in [2.75, 3.05) is 13.4 Å². The summed E-state index contributed by atoms with van der Waals surface area (Å²) < 4.78 is 11.7. The zero-order valence-electron chi connectivity index (χ0n) is 9.85. The number of ether oxygens (including phenoxy) is 2. The first-order valence-electron chi connectivity index (χ1n) is 5.75. The number of allylic oxidation sites excluding steroid dienone is 1. The van der Waals surface area contributed by atoms with Crippen molar-refractivity contribution >= 4 is 47.8 Å². The molecule has 1 rings (SSSR count). The van der Waals surface area contributed by atoms with E-state index in [9.17, 15) is 0 Å². The Balaban J connectivity index is 2.62. The Morgan fingerprint density at radius 3 is 2.82 bits per heavy atom. The molecular weight excluding hydrogens is 416 g/mol. The fourth-order valence-electron chi connectivity index (χ4n) is 1.57. The summed E-state index contributed by atoms with van der Waals surface area (Å²) in [7, 11) is 0. The lowest BCUT2D eigenvalue weighted by atomic mass is 10.1. The number of hydrogen-bond donors (Lipinski definition) is 0. The largest absolute Gasteiger partial charge is 0.466 e. The molecule has 0 saturated heterocycles. The first-order valence-corrected chi connectivity index (χ1v) is 8.25.